The van der Waals surface area contributed by atoms with Gasteiger partial charge in [0.15, 0.2) is 0 Å². The number of carbonyl (C=O) groups excluding carboxylic acids is 2. The van der Waals surface area contributed by atoms with E-state index in [4.69, 9.17) is 24.1 Å². The quantitative estimate of drug-likeness (QED) is 0.299. The van der Waals surface area contributed by atoms with Crippen LogP contribution in [-0.2, 0) is 33.3 Å². The molecular formula is C19H30N2O8. The summed E-state index contributed by atoms with van der Waals surface area (Å²) in [6, 6.07) is 0. The fourth-order valence-electron chi connectivity index (χ4n) is 2.23. The van der Waals surface area contributed by atoms with Crippen molar-refractivity contribution >= 4 is 17.8 Å². The van der Waals surface area contributed by atoms with Crippen molar-refractivity contribution in [3.05, 3.63) is 24.4 Å². The van der Waals surface area contributed by atoms with E-state index in [9.17, 15) is 14.4 Å². The van der Waals surface area contributed by atoms with Crippen LogP contribution in [0.4, 0.5) is 0 Å². The highest BCUT2D eigenvalue weighted by Gasteiger charge is 2.18. The van der Waals surface area contributed by atoms with Crippen molar-refractivity contribution in [3.8, 4) is 0 Å². The van der Waals surface area contributed by atoms with Gasteiger partial charge in [-0.25, -0.2) is 0 Å². The Kier molecular flexibility index (Phi) is 13.3. The maximum atomic E-state index is 11.7. The summed E-state index contributed by atoms with van der Waals surface area (Å²) in [7, 11) is 0. The maximum absolute atomic E-state index is 11.7. The van der Waals surface area contributed by atoms with Crippen molar-refractivity contribution in [2.75, 3.05) is 65.9 Å². The average molecular weight is 414 g/mol. The molecule has 10 heteroatoms. The first-order valence-corrected chi connectivity index (χ1v) is 9.48. The van der Waals surface area contributed by atoms with Crippen molar-refractivity contribution in [2.45, 2.75) is 12.8 Å². The minimum absolute atomic E-state index is 0.0136. The number of rotatable bonds is 18. The van der Waals surface area contributed by atoms with E-state index in [-0.39, 0.29) is 31.3 Å². The Morgan fingerprint density at radius 3 is 1.97 bits per heavy atom. The van der Waals surface area contributed by atoms with Gasteiger partial charge in [-0.3, -0.25) is 14.4 Å². The zero-order chi connectivity index (χ0) is 21.3. The molecule has 2 amide bonds. The van der Waals surface area contributed by atoms with Crippen LogP contribution in [0.2, 0.25) is 0 Å². The van der Waals surface area contributed by atoms with E-state index in [1.54, 1.807) is 6.08 Å². The number of hydrogen-bond donors (Lipinski definition) is 2. The molecule has 0 radical (unpaired) electrons. The highest BCUT2D eigenvalue weighted by Crippen LogP contribution is 2.12. The lowest BCUT2D eigenvalue weighted by molar-refractivity contribution is -0.138. The molecule has 29 heavy (non-hydrogen) atoms. The standard InChI is InChI=1S/C19H30N2O8/c1-16-2-3-18(23)21(16)7-4-17(22)20-6-9-27-11-13-29-15-14-28-12-10-26-8-5-19(24)25/h2-3H,1,4-15H2,(H,20,22)(H,24,25). The zero-order valence-electron chi connectivity index (χ0n) is 16.6. The van der Waals surface area contributed by atoms with Crippen LogP contribution in [-0.4, -0.2) is 93.7 Å². The Morgan fingerprint density at radius 1 is 0.897 bits per heavy atom. The molecule has 0 atom stereocenters. The van der Waals surface area contributed by atoms with Gasteiger partial charge < -0.3 is 34.3 Å². The Bertz CT molecular complexity index is 546. The Labute approximate surface area is 170 Å². The van der Waals surface area contributed by atoms with Crippen LogP contribution >= 0.6 is 0 Å². The second-order valence-electron chi connectivity index (χ2n) is 6.01. The van der Waals surface area contributed by atoms with Crippen molar-refractivity contribution < 1.29 is 38.4 Å². The van der Waals surface area contributed by atoms with Crippen LogP contribution in [0.5, 0.6) is 0 Å². The lowest BCUT2D eigenvalue weighted by Crippen LogP contribution is -2.32. The molecule has 1 heterocycles. The fourth-order valence-corrected chi connectivity index (χ4v) is 2.23. The molecule has 0 fully saturated rings. The van der Waals surface area contributed by atoms with Gasteiger partial charge in [0.25, 0.3) is 5.91 Å². The lowest BCUT2D eigenvalue weighted by atomic mass is 10.3. The van der Waals surface area contributed by atoms with Crippen LogP contribution in [0.3, 0.4) is 0 Å². The van der Waals surface area contributed by atoms with E-state index < -0.39 is 5.97 Å². The van der Waals surface area contributed by atoms with Gasteiger partial charge in [0, 0.05) is 31.3 Å². The molecule has 0 saturated heterocycles. The average Bonchev–Trinajstić information content (AvgIpc) is 3.00. The Morgan fingerprint density at radius 2 is 1.45 bits per heavy atom. The number of hydrogen-bond acceptors (Lipinski definition) is 7. The molecule has 0 unspecified atom stereocenters. The number of nitrogens with zero attached hydrogens (tertiary/aromatic N) is 1. The Balaban J connectivity index is 1.79. The molecule has 1 aliphatic heterocycles. The van der Waals surface area contributed by atoms with Crippen LogP contribution in [0.25, 0.3) is 0 Å². The first kappa shape index (κ1) is 24.8. The number of ether oxygens (including phenoxy) is 4. The fraction of sp³-hybridized carbons (Fsp3) is 0.632. The third-order valence-electron chi connectivity index (χ3n) is 3.74. The molecule has 1 rings (SSSR count). The predicted octanol–water partition coefficient (Wildman–Crippen LogP) is -0.0541. The third kappa shape index (κ3) is 12.7. The summed E-state index contributed by atoms with van der Waals surface area (Å²) in [6.07, 6.45) is 3.25. The Hall–Kier alpha value is -2.27. The molecule has 1 aliphatic rings. The van der Waals surface area contributed by atoms with E-state index in [0.717, 1.165) is 0 Å². The molecule has 0 spiro atoms. The van der Waals surface area contributed by atoms with E-state index in [1.807, 2.05) is 0 Å². The van der Waals surface area contributed by atoms with Crippen LogP contribution in [0, 0.1) is 0 Å². The second kappa shape index (κ2) is 15.6. The molecule has 164 valence electrons. The van der Waals surface area contributed by atoms with E-state index in [2.05, 4.69) is 11.9 Å². The minimum atomic E-state index is -0.886. The number of carboxylic acids is 1. The largest absolute Gasteiger partial charge is 0.481 e. The topological polar surface area (TPSA) is 124 Å². The SMILES string of the molecule is C=C1C=CC(=O)N1CCC(=O)NCCOCCOCCOCCOCCC(=O)O. The lowest BCUT2D eigenvalue weighted by Gasteiger charge is -2.16. The number of amides is 2. The zero-order valence-corrected chi connectivity index (χ0v) is 16.6. The second-order valence-corrected chi connectivity index (χ2v) is 6.01. The van der Waals surface area contributed by atoms with Crippen molar-refractivity contribution in [1.82, 2.24) is 10.2 Å². The van der Waals surface area contributed by atoms with Gasteiger partial charge in [-0.1, -0.05) is 6.58 Å². The number of carbonyl (C=O) groups is 3. The number of carboxylic acid groups (broad SMARTS) is 1. The summed E-state index contributed by atoms with van der Waals surface area (Å²) < 4.78 is 21.0. The van der Waals surface area contributed by atoms with Gasteiger partial charge in [-0.2, -0.15) is 0 Å². The molecule has 0 aromatic carbocycles. The smallest absolute Gasteiger partial charge is 0.305 e. The summed E-state index contributed by atoms with van der Waals surface area (Å²) in [6.45, 7) is 7.37. The third-order valence-corrected chi connectivity index (χ3v) is 3.74. The van der Waals surface area contributed by atoms with Crippen molar-refractivity contribution in [1.29, 1.82) is 0 Å². The number of aliphatic carboxylic acids is 1. The maximum Gasteiger partial charge on any atom is 0.305 e. The van der Waals surface area contributed by atoms with Gasteiger partial charge >= 0.3 is 5.97 Å². The van der Waals surface area contributed by atoms with Crippen molar-refractivity contribution in [2.24, 2.45) is 0 Å². The summed E-state index contributed by atoms with van der Waals surface area (Å²) in [5.41, 5.74) is 0.598. The van der Waals surface area contributed by atoms with Gasteiger partial charge in [0.05, 0.1) is 59.3 Å². The van der Waals surface area contributed by atoms with Crippen molar-refractivity contribution in [3.63, 3.8) is 0 Å². The molecule has 0 aromatic heterocycles. The monoisotopic (exact) mass is 414 g/mol. The number of allylic oxidation sites excluding steroid dienone is 1. The first-order chi connectivity index (χ1) is 14.0. The summed E-state index contributed by atoms with van der Waals surface area (Å²) >= 11 is 0. The molecule has 0 bridgehead atoms. The van der Waals surface area contributed by atoms with E-state index in [0.29, 0.717) is 65.0 Å². The van der Waals surface area contributed by atoms with Gasteiger partial charge in [-0.15, -0.1) is 0 Å². The molecule has 2 N–H and O–H groups in total. The molecular weight excluding hydrogens is 384 g/mol. The highest BCUT2D eigenvalue weighted by molar-refractivity contribution is 5.93. The predicted molar refractivity (Wildman–Crippen MR) is 103 cm³/mol. The molecule has 10 nitrogen and oxygen atoms in total. The van der Waals surface area contributed by atoms with Gasteiger partial charge in [0.2, 0.25) is 5.91 Å². The van der Waals surface area contributed by atoms with Gasteiger partial charge in [0.1, 0.15) is 0 Å². The first-order valence-electron chi connectivity index (χ1n) is 9.48. The molecule has 0 saturated carbocycles. The summed E-state index contributed by atoms with van der Waals surface area (Å²) in [5, 5.41) is 11.2. The highest BCUT2D eigenvalue weighted by atomic mass is 16.6. The van der Waals surface area contributed by atoms with E-state index >= 15 is 0 Å². The van der Waals surface area contributed by atoms with Crippen LogP contribution in [0.1, 0.15) is 12.8 Å². The van der Waals surface area contributed by atoms with Crippen LogP contribution < -0.4 is 5.32 Å². The van der Waals surface area contributed by atoms with E-state index in [1.165, 1.54) is 11.0 Å². The summed E-state index contributed by atoms with van der Waals surface area (Å²) in [4.78, 5) is 35.0. The number of nitrogens with one attached hydrogen (secondary N) is 1. The van der Waals surface area contributed by atoms with Crippen LogP contribution in [0.15, 0.2) is 24.4 Å². The minimum Gasteiger partial charge on any atom is -0.481 e. The van der Waals surface area contributed by atoms with Gasteiger partial charge in [-0.05, 0) is 6.08 Å². The molecule has 0 aromatic rings. The summed E-state index contributed by atoms with van der Waals surface area (Å²) in [5.74, 6) is -1.19. The normalized spacial score (nSPS) is 13.3. The molecule has 0 aliphatic carbocycles.